The number of nitrogens with zero attached hydrogens (tertiary/aromatic N) is 2. The lowest BCUT2D eigenvalue weighted by Gasteiger charge is -2.12. The highest BCUT2D eigenvalue weighted by molar-refractivity contribution is 5.91. The fraction of sp³-hybridized carbons (Fsp3) is 0.227. The number of carbonyl (C=O) groups is 1. The van der Waals surface area contributed by atoms with Gasteiger partial charge in [-0.05, 0) is 30.7 Å². The van der Waals surface area contributed by atoms with Crippen LogP contribution < -0.4 is 30.2 Å². The lowest BCUT2D eigenvalue weighted by atomic mass is 10.1. The van der Waals surface area contributed by atoms with Gasteiger partial charge in [0.1, 0.15) is 17.6 Å². The number of carbonyl (C=O) groups excluding carboxylic acids is 1. The first-order valence-corrected chi connectivity index (χ1v) is 9.74. The van der Waals surface area contributed by atoms with Crippen molar-refractivity contribution in [1.29, 1.82) is 5.26 Å². The van der Waals surface area contributed by atoms with Gasteiger partial charge < -0.3 is 30.2 Å². The molecule has 1 aliphatic heterocycles. The Balaban J connectivity index is 1.31. The molecule has 3 N–H and O–H groups in total. The van der Waals surface area contributed by atoms with Crippen LogP contribution in [0, 0.1) is 11.3 Å². The zero-order valence-electron chi connectivity index (χ0n) is 16.9. The summed E-state index contributed by atoms with van der Waals surface area (Å²) in [6.07, 6.45) is 0.644. The Labute approximate surface area is 178 Å². The summed E-state index contributed by atoms with van der Waals surface area (Å²) in [5.74, 6) is 2.37. The summed E-state index contributed by atoms with van der Waals surface area (Å²) in [5.41, 5.74) is 1.74. The first-order valence-electron chi connectivity index (χ1n) is 9.74. The number of amides is 2. The van der Waals surface area contributed by atoms with Gasteiger partial charge in [0.25, 0.3) is 0 Å². The number of anilines is 2. The predicted octanol–water partition coefficient (Wildman–Crippen LogP) is 3.47. The minimum Gasteiger partial charge on any atom is -0.495 e. The third-order valence-electron chi connectivity index (χ3n) is 4.72. The van der Waals surface area contributed by atoms with E-state index >= 15 is 0 Å². The molecule has 0 atom stereocenters. The molecule has 2 aromatic carbocycles. The number of para-hydroxylation sites is 2. The van der Waals surface area contributed by atoms with E-state index in [0.717, 1.165) is 5.39 Å². The number of hydrogen-bond donors (Lipinski definition) is 3. The van der Waals surface area contributed by atoms with E-state index in [1.165, 1.54) is 0 Å². The number of methoxy groups -OCH3 is 1. The molecule has 9 nitrogen and oxygen atoms in total. The highest BCUT2D eigenvalue weighted by Gasteiger charge is 2.16. The van der Waals surface area contributed by atoms with Gasteiger partial charge in [0.2, 0.25) is 6.79 Å². The van der Waals surface area contributed by atoms with Gasteiger partial charge in [-0.15, -0.1) is 0 Å². The maximum absolute atomic E-state index is 12.1. The number of fused-ring (bicyclic) bond motifs is 2. The van der Waals surface area contributed by atoms with Gasteiger partial charge in [-0.25, -0.2) is 9.78 Å². The zero-order chi connectivity index (χ0) is 21.6. The van der Waals surface area contributed by atoms with Crippen molar-refractivity contribution in [3.05, 3.63) is 48.0 Å². The number of aromatic nitrogens is 1. The van der Waals surface area contributed by atoms with E-state index in [4.69, 9.17) is 14.2 Å². The summed E-state index contributed by atoms with van der Waals surface area (Å²) in [6.45, 7) is 1.16. The summed E-state index contributed by atoms with van der Waals surface area (Å²) in [4.78, 5) is 16.6. The third kappa shape index (κ3) is 4.53. The summed E-state index contributed by atoms with van der Waals surface area (Å²) in [6, 6.07) is 14.4. The summed E-state index contributed by atoms with van der Waals surface area (Å²) >= 11 is 0. The molecule has 0 fully saturated rings. The molecule has 158 valence electrons. The molecule has 2 amide bonds. The van der Waals surface area contributed by atoms with Crippen LogP contribution in [-0.4, -0.2) is 38.0 Å². The Kier molecular flexibility index (Phi) is 5.89. The van der Waals surface area contributed by atoms with Crippen molar-refractivity contribution < 1.29 is 19.0 Å². The average molecular weight is 419 g/mol. The standard InChI is InChI=1S/C22H21N5O4/c1-29-18-6-3-2-5-16(18)27-22(28)25-8-4-7-24-21-15(12-23)9-14-10-19-20(31-13-30-19)11-17(14)26-21/h2-3,5-6,9-11H,4,7-8,13H2,1H3,(H,24,26)(H2,25,27,28). The number of nitriles is 1. The molecule has 0 saturated heterocycles. The lowest BCUT2D eigenvalue weighted by Crippen LogP contribution is -2.30. The highest BCUT2D eigenvalue weighted by Crippen LogP contribution is 2.36. The van der Waals surface area contributed by atoms with Gasteiger partial charge in [-0.1, -0.05) is 12.1 Å². The number of pyridine rings is 1. The molecule has 0 aliphatic carbocycles. The predicted molar refractivity (Wildman–Crippen MR) is 116 cm³/mol. The minimum absolute atomic E-state index is 0.180. The molecule has 3 aromatic rings. The Morgan fingerprint density at radius 1 is 1.19 bits per heavy atom. The van der Waals surface area contributed by atoms with E-state index in [2.05, 4.69) is 27.0 Å². The molecule has 0 bridgehead atoms. The molecular formula is C22H21N5O4. The van der Waals surface area contributed by atoms with Crippen molar-refractivity contribution in [1.82, 2.24) is 10.3 Å². The SMILES string of the molecule is COc1ccccc1NC(=O)NCCCNc1nc2cc3c(cc2cc1C#N)OCO3. The van der Waals surface area contributed by atoms with Crippen LogP contribution in [0.1, 0.15) is 12.0 Å². The Hall–Kier alpha value is -4.19. The van der Waals surface area contributed by atoms with Crippen LogP contribution in [0.15, 0.2) is 42.5 Å². The highest BCUT2D eigenvalue weighted by atomic mass is 16.7. The van der Waals surface area contributed by atoms with Gasteiger partial charge in [-0.2, -0.15) is 5.26 Å². The van der Waals surface area contributed by atoms with Gasteiger partial charge >= 0.3 is 6.03 Å². The molecule has 0 radical (unpaired) electrons. The van der Waals surface area contributed by atoms with Gasteiger partial charge in [0, 0.05) is 24.5 Å². The second-order valence-corrected chi connectivity index (χ2v) is 6.76. The molecule has 0 spiro atoms. The fourth-order valence-corrected chi connectivity index (χ4v) is 3.20. The first-order chi connectivity index (χ1) is 15.2. The lowest BCUT2D eigenvalue weighted by molar-refractivity contribution is 0.174. The topological polar surface area (TPSA) is 118 Å². The molecule has 9 heteroatoms. The van der Waals surface area contributed by atoms with Crippen LogP contribution in [0.2, 0.25) is 0 Å². The van der Waals surface area contributed by atoms with E-state index in [1.807, 2.05) is 18.2 Å². The Morgan fingerprint density at radius 2 is 2.00 bits per heavy atom. The number of nitrogens with one attached hydrogen (secondary N) is 3. The third-order valence-corrected chi connectivity index (χ3v) is 4.72. The minimum atomic E-state index is -0.317. The fourth-order valence-electron chi connectivity index (χ4n) is 3.20. The molecule has 1 aromatic heterocycles. The summed E-state index contributed by atoms with van der Waals surface area (Å²) in [7, 11) is 1.55. The van der Waals surface area contributed by atoms with Crippen molar-refractivity contribution in [3.8, 4) is 23.3 Å². The smallest absolute Gasteiger partial charge is 0.319 e. The Bertz CT molecular complexity index is 1160. The monoisotopic (exact) mass is 419 g/mol. The van der Waals surface area contributed by atoms with Crippen molar-refractivity contribution >= 4 is 28.4 Å². The quantitative estimate of drug-likeness (QED) is 0.502. The number of urea groups is 1. The number of rotatable bonds is 7. The van der Waals surface area contributed by atoms with E-state index < -0.39 is 0 Å². The molecule has 0 saturated carbocycles. The molecule has 1 aliphatic rings. The normalized spacial score (nSPS) is 11.6. The number of hydrogen-bond acceptors (Lipinski definition) is 7. The van der Waals surface area contributed by atoms with Gasteiger partial charge in [0.05, 0.1) is 23.9 Å². The summed E-state index contributed by atoms with van der Waals surface area (Å²) < 4.78 is 16.0. The van der Waals surface area contributed by atoms with Crippen molar-refractivity contribution in [2.45, 2.75) is 6.42 Å². The van der Waals surface area contributed by atoms with E-state index in [0.29, 0.717) is 59.3 Å². The second kappa shape index (κ2) is 9.09. The zero-order valence-corrected chi connectivity index (χ0v) is 16.9. The second-order valence-electron chi connectivity index (χ2n) is 6.76. The van der Waals surface area contributed by atoms with Gasteiger partial charge in [0.15, 0.2) is 11.5 Å². The van der Waals surface area contributed by atoms with Crippen LogP contribution in [0.5, 0.6) is 17.2 Å². The van der Waals surface area contributed by atoms with Gasteiger partial charge in [-0.3, -0.25) is 0 Å². The molecule has 31 heavy (non-hydrogen) atoms. The van der Waals surface area contributed by atoms with Crippen molar-refractivity contribution in [2.75, 3.05) is 37.6 Å². The average Bonchev–Trinajstić information content (AvgIpc) is 3.24. The largest absolute Gasteiger partial charge is 0.495 e. The molecular weight excluding hydrogens is 398 g/mol. The van der Waals surface area contributed by atoms with Crippen LogP contribution in [-0.2, 0) is 0 Å². The molecule has 0 unspecified atom stereocenters. The maximum Gasteiger partial charge on any atom is 0.319 e. The first kappa shape index (κ1) is 20.1. The van der Waals surface area contributed by atoms with Crippen molar-refractivity contribution in [3.63, 3.8) is 0 Å². The Morgan fingerprint density at radius 3 is 2.81 bits per heavy atom. The van der Waals surface area contributed by atoms with Crippen LogP contribution in [0.4, 0.5) is 16.3 Å². The summed E-state index contributed by atoms with van der Waals surface area (Å²) in [5, 5.41) is 19.0. The van der Waals surface area contributed by atoms with E-state index in [1.54, 1.807) is 31.4 Å². The molecule has 4 rings (SSSR count). The van der Waals surface area contributed by atoms with Crippen LogP contribution >= 0.6 is 0 Å². The number of benzene rings is 2. The van der Waals surface area contributed by atoms with E-state index in [9.17, 15) is 10.1 Å². The van der Waals surface area contributed by atoms with Crippen LogP contribution in [0.3, 0.4) is 0 Å². The maximum atomic E-state index is 12.1. The van der Waals surface area contributed by atoms with E-state index in [-0.39, 0.29) is 12.8 Å². The van der Waals surface area contributed by atoms with Crippen LogP contribution in [0.25, 0.3) is 10.9 Å². The molecule has 2 heterocycles. The number of ether oxygens (including phenoxy) is 3. The van der Waals surface area contributed by atoms with Crippen molar-refractivity contribution in [2.24, 2.45) is 0 Å².